The van der Waals surface area contributed by atoms with E-state index in [9.17, 15) is 9.59 Å². The summed E-state index contributed by atoms with van der Waals surface area (Å²) in [5, 5.41) is 8.79. The number of hydrogen-bond acceptors (Lipinski definition) is 2. The Hall–Kier alpha value is -1.06. The van der Waals surface area contributed by atoms with Crippen LogP contribution in [0.1, 0.15) is 26.7 Å². The van der Waals surface area contributed by atoms with Gasteiger partial charge in [-0.3, -0.25) is 9.59 Å². The Kier molecular flexibility index (Phi) is 2.91. The van der Waals surface area contributed by atoms with Crippen LogP contribution in [0.5, 0.6) is 0 Å². The summed E-state index contributed by atoms with van der Waals surface area (Å²) in [4.78, 5) is 24.6. The maximum atomic E-state index is 12.0. The van der Waals surface area contributed by atoms with E-state index in [-0.39, 0.29) is 11.8 Å². The minimum atomic E-state index is -0.822. The zero-order valence-electron chi connectivity index (χ0n) is 9.85. The molecule has 0 aromatic rings. The topological polar surface area (TPSA) is 57.6 Å². The lowest BCUT2D eigenvalue weighted by atomic mass is 9.88. The molecule has 0 bridgehead atoms. The van der Waals surface area contributed by atoms with Crippen LogP contribution in [0.15, 0.2) is 0 Å². The summed E-state index contributed by atoms with van der Waals surface area (Å²) in [5.41, 5.74) is 0. The van der Waals surface area contributed by atoms with Crippen molar-refractivity contribution in [1.29, 1.82) is 0 Å². The van der Waals surface area contributed by atoms with Crippen LogP contribution in [0.25, 0.3) is 0 Å². The molecule has 90 valence electrons. The Balaban J connectivity index is 1.90. The summed E-state index contributed by atoms with van der Waals surface area (Å²) < 4.78 is 0. The van der Waals surface area contributed by atoms with Gasteiger partial charge in [-0.2, -0.15) is 0 Å². The highest BCUT2D eigenvalue weighted by molar-refractivity contribution is 5.89. The van der Waals surface area contributed by atoms with Gasteiger partial charge in [0.15, 0.2) is 0 Å². The van der Waals surface area contributed by atoms with Crippen molar-refractivity contribution in [2.45, 2.75) is 26.7 Å². The average molecular weight is 225 g/mol. The van der Waals surface area contributed by atoms with Gasteiger partial charge >= 0.3 is 5.97 Å². The lowest BCUT2D eigenvalue weighted by molar-refractivity contribution is -0.142. The highest BCUT2D eigenvalue weighted by Crippen LogP contribution is 2.41. The third-order valence-electron chi connectivity index (χ3n) is 4.07. The normalized spacial score (nSPS) is 38.2. The Morgan fingerprint density at radius 1 is 1.19 bits per heavy atom. The number of carboxylic acids is 1. The Labute approximate surface area is 95.6 Å². The van der Waals surface area contributed by atoms with E-state index in [4.69, 9.17) is 5.11 Å². The van der Waals surface area contributed by atoms with Crippen molar-refractivity contribution in [3.63, 3.8) is 0 Å². The van der Waals surface area contributed by atoms with E-state index in [0.717, 1.165) is 19.5 Å². The number of carbonyl (C=O) groups excluding carboxylic acids is 1. The van der Waals surface area contributed by atoms with Crippen molar-refractivity contribution < 1.29 is 14.7 Å². The maximum Gasteiger partial charge on any atom is 0.307 e. The third kappa shape index (κ3) is 2.06. The second-order valence-electron chi connectivity index (χ2n) is 5.31. The van der Waals surface area contributed by atoms with Crippen LogP contribution in [0.4, 0.5) is 0 Å². The lowest BCUT2D eigenvalue weighted by Gasteiger charge is -2.35. The number of amides is 1. The van der Waals surface area contributed by atoms with Crippen molar-refractivity contribution in [3.05, 3.63) is 0 Å². The average Bonchev–Trinajstić information content (AvgIpc) is 3.01. The molecule has 4 atom stereocenters. The van der Waals surface area contributed by atoms with Crippen LogP contribution in [-0.4, -0.2) is 35.0 Å². The van der Waals surface area contributed by atoms with Crippen molar-refractivity contribution in [2.75, 3.05) is 13.1 Å². The Morgan fingerprint density at radius 3 is 2.38 bits per heavy atom. The first-order chi connectivity index (χ1) is 7.50. The van der Waals surface area contributed by atoms with Crippen LogP contribution in [0, 0.1) is 23.7 Å². The number of nitrogens with zero attached hydrogens (tertiary/aromatic N) is 1. The van der Waals surface area contributed by atoms with Gasteiger partial charge in [0.1, 0.15) is 0 Å². The summed E-state index contributed by atoms with van der Waals surface area (Å²) in [5.74, 6) is -0.221. The minimum Gasteiger partial charge on any atom is -0.481 e. The van der Waals surface area contributed by atoms with Crippen molar-refractivity contribution in [3.8, 4) is 0 Å². The number of carboxylic acid groups (broad SMARTS) is 1. The first-order valence-corrected chi connectivity index (χ1v) is 6.02. The Morgan fingerprint density at radius 2 is 1.88 bits per heavy atom. The quantitative estimate of drug-likeness (QED) is 0.768. The smallest absolute Gasteiger partial charge is 0.307 e. The molecule has 1 heterocycles. The number of likely N-dealkylation sites (tertiary alicyclic amines) is 1. The predicted molar refractivity (Wildman–Crippen MR) is 58.8 cm³/mol. The molecule has 2 aliphatic rings. The highest BCUT2D eigenvalue weighted by atomic mass is 16.4. The van der Waals surface area contributed by atoms with Crippen LogP contribution >= 0.6 is 0 Å². The fraction of sp³-hybridized carbons (Fsp3) is 0.833. The van der Waals surface area contributed by atoms with Crippen molar-refractivity contribution in [2.24, 2.45) is 23.7 Å². The molecule has 1 amide bonds. The second kappa shape index (κ2) is 4.07. The molecule has 2 unspecified atom stereocenters. The van der Waals surface area contributed by atoms with Gasteiger partial charge in [0.25, 0.3) is 0 Å². The van der Waals surface area contributed by atoms with Gasteiger partial charge in [-0.1, -0.05) is 13.8 Å². The summed E-state index contributed by atoms with van der Waals surface area (Å²) in [7, 11) is 0. The number of aliphatic carboxylic acids is 1. The van der Waals surface area contributed by atoms with Crippen molar-refractivity contribution >= 4 is 11.9 Å². The zero-order chi connectivity index (χ0) is 11.9. The first-order valence-electron chi connectivity index (χ1n) is 6.02. The predicted octanol–water partition coefficient (Wildman–Crippen LogP) is 1.21. The van der Waals surface area contributed by atoms with E-state index >= 15 is 0 Å². The van der Waals surface area contributed by atoms with Crippen LogP contribution in [-0.2, 0) is 9.59 Å². The highest BCUT2D eigenvalue weighted by Gasteiger charge is 2.50. The largest absolute Gasteiger partial charge is 0.481 e. The van der Waals surface area contributed by atoms with Gasteiger partial charge < -0.3 is 10.0 Å². The molecule has 1 N–H and O–H groups in total. The van der Waals surface area contributed by atoms with Crippen LogP contribution in [0.3, 0.4) is 0 Å². The van der Waals surface area contributed by atoms with Gasteiger partial charge in [-0.15, -0.1) is 0 Å². The van der Waals surface area contributed by atoms with Gasteiger partial charge in [0, 0.05) is 13.1 Å². The van der Waals surface area contributed by atoms with E-state index < -0.39 is 11.9 Å². The second-order valence-corrected chi connectivity index (χ2v) is 5.31. The molecule has 2 rings (SSSR count). The number of hydrogen-bond donors (Lipinski definition) is 1. The zero-order valence-corrected chi connectivity index (χ0v) is 9.85. The monoisotopic (exact) mass is 225 g/mol. The molecule has 16 heavy (non-hydrogen) atoms. The van der Waals surface area contributed by atoms with E-state index in [1.807, 2.05) is 4.90 Å². The van der Waals surface area contributed by atoms with Crippen LogP contribution in [0.2, 0.25) is 0 Å². The molecule has 0 aromatic heterocycles. The summed E-state index contributed by atoms with van der Waals surface area (Å²) >= 11 is 0. The summed E-state index contributed by atoms with van der Waals surface area (Å²) in [6.07, 6.45) is 1.58. The molecule has 4 heteroatoms. The molecule has 1 aliphatic heterocycles. The fourth-order valence-corrected chi connectivity index (χ4v) is 2.44. The number of carbonyl (C=O) groups is 2. The molecule has 0 aromatic carbocycles. The van der Waals surface area contributed by atoms with E-state index in [1.54, 1.807) is 0 Å². The molecule has 1 saturated heterocycles. The lowest BCUT2D eigenvalue weighted by Crippen LogP contribution is -2.43. The van der Waals surface area contributed by atoms with Gasteiger partial charge in [0.2, 0.25) is 5.91 Å². The van der Waals surface area contributed by atoms with E-state index in [0.29, 0.717) is 18.3 Å². The van der Waals surface area contributed by atoms with Crippen molar-refractivity contribution in [1.82, 2.24) is 4.90 Å². The number of rotatable bonds is 2. The summed E-state index contributed by atoms with van der Waals surface area (Å²) in [6, 6.07) is 0. The third-order valence-corrected chi connectivity index (χ3v) is 4.07. The van der Waals surface area contributed by atoms with E-state index in [1.165, 1.54) is 0 Å². The van der Waals surface area contributed by atoms with Gasteiger partial charge in [0.05, 0.1) is 11.8 Å². The minimum absolute atomic E-state index is 0.0613. The van der Waals surface area contributed by atoms with Gasteiger partial charge in [-0.25, -0.2) is 0 Å². The molecular weight excluding hydrogens is 206 g/mol. The standard InChI is InChI=1S/C12H19NO3/c1-7-3-4-13(6-8(7)2)11(14)9-5-10(9)12(15)16/h7-10H,3-6H2,1-2H3,(H,15,16)/t7?,8?,9-,10+/m1/s1. The molecular formula is C12H19NO3. The SMILES string of the molecule is CC1CCN(C(=O)[C@@H]2C[C@@H]2C(=O)O)CC1C. The maximum absolute atomic E-state index is 12.0. The summed E-state index contributed by atoms with van der Waals surface area (Å²) in [6.45, 7) is 5.96. The number of piperidine rings is 1. The molecule has 0 radical (unpaired) electrons. The molecule has 1 saturated carbocycles. The van der Waals surface area contributed by atoms with Crippen LogP contribution < -0.4 is 0 Å². The first kappa shape index (κ1) is 11.4. The van der Waals surface area contributed by atoms with Gasteiger partial charge in [-0.05, 0) is 24.7 Å². The van der Waals surface area contributed by atoms with E-state index in [2.05, 4.69) is 13.8 Å². The fourth-order valence-electron chi connectivity index (χ4n) is 2.44. The molecule has 0 spiro atoms. The molecule has 2 fully saturated rings. The molecule has 4 nitrogen and oxygen atoms in total. The molecule has 1 aliphatic carbocycles. The Bertz CT molecular complexity index is 315.